The Labute approximate surface area is 128 Å². The second kappa shape index (κ2) is 5.46. The van der Waals surface area contributed by atoms with Crippen molar-refractivity contribution in [2.45, 2.75) is 19.8 Å². The lowest BCUT2D eigenvalue weighted by Crippen LogP contribution is -2.13. The summed E-state index contributed by atoms with van der Waals surface area (Å²) < 4.78 is 1.61. The normalized spacial score (nSPS) is 11.1. The number of rotatable bonds is 3. The molecule has 3 rings (SSSR count). The van der Waals surface area contributed by atoms with Crippen molar-refractivity contribution < 1.29 is 0 Å². The van der Waals surface area contributed by atoms with Gasteiger partial charge in [-0.15, -0.1) is 11.3 Å². The van der Waals surface area contributed by atoms with E-state index in [4.69, 9.17) is 0 Å². The van der Waals surface area contributed by atoms with Crippen LogP contribution in [0.1, 0.15) is 19.0 Å². The summed E-state index contributed by atoms with van der Waals surface area (Å²) in [5.41, 5.74) is 2.44. The van der Waals surface area contributed by atoms with Crippen molar-refractivity contribution >= 4 is 37.5 Å². The molecule has 0 amide bonds. The van der Waals surface area contributed by atoms with Gasteiger partial charge in [0.15, 0.2) is 0 Å². The molecule has 0 radical (unpaired) electrons. The molecule has 0 fully saturated rings. The Balaban J connectivity index is 2.15. The van der Waals surface area contributed by atoms with Crippen LogP contribution in [0.4, 0.5) is 0 Å². The fraction of sp³-hybridized carbons (Fsp3) is 0.214. The van der Waals surface area contributed by atoms with Gasteiger partial charge in [-0.05, 0) is 39.9 Å². The van der Waals surface area contributed by atoms with E-state index in [2.05, 4.69) is 37.8 Å². The van der Waals surface area contributed by atoms with E-state index in [1.54, 1.807) is 17.5 Å². The molecule has 3 aromatic rings. The van der Waals surface area contributed by atoms with E-state index in [0.29, 0.717) is 10.3 Å². The van der Waals surface area contributed by atoms with Crippen LogP contribution in [-0.2, 0) is 6.42 Å². The summed E-state index contributed by atoms with van der Waals surface area (Å²) >= 11 is 4.93. The van der Waals surface area contributed by atoms with Gasteiger partial charge in [0.2, 0.25) is 0 Å². The smallest absolute Gasteiger partial charge is 0.265 e. The number of halogens is 1. The number of aromatic amines is 1. The molecule has 0 aliphatic rings. The molecule has 0 saturated carbocycles. The summed E-state index contributed by atoms with van der Waals surface area (Å²) in [6.45, 7) is 2.06. The van der Waals surface area contributed by atoms with Crippen molar-refractivity contribution in [1.29, 1.82) is 0 Å². The molecule has 0 unspecified atom stereocenters. The summed E-state index contributed by atoms with van der Waals surface area (Å²) in [7, 11) is 0. The molecule has 1 N–H and O–H groups in total. The minimum Gasteiger partial charge on any atom is -0.305 e. The molecule has 3 heterocycles. The van der Waals surface area contributed by atoms with Crippen LogP contribution in [0.15, 0.2) is 33.0 Å². The van der Waals surface area contributed by atoms with E-state index in [1.807, 2.05) is 17.5 Å². The molecule has 0 spiro atoms. The molecule has 0 bridgehead atoms. The molecule has 0 saturated heterocycles. The maximum Gasteiger partial charge on any atom is 0.265 e. The van der Waals surface area contributed by atoms with E-state index in [0.717, 1.165) is 34.3 Å². The van der Waals surface area contributed by atoms with Gasteiger partial charge < -0.3 is 4.98 Å². The quantitative estimate of drug-likeness (QED) is 0.782. The maximum absolute atomic E-state index is 12.0. The fourth-order valence-corrected chi connectivity index (χ4v) is 3.19. The average Bonchev–Trinajstić information content (AvgIpc) is 2.91. The zero-order valence-corrected chi connectivity index (χ0v) is 13.2. The van der Waals surface area contributed by atoms with Gasteiger partial charge in [0.05, 0.1) is 15.9 Å². The SMILES string of the molecule is CCCc1nc(-c2cnc3ccsc3c2)[nH]c(=O)c1Br. The first-order valence-electron chi connectivity index (χ1n) is 6.31. The Morgan fingerprint density at radius 2 is 2.30 bits per heavy atom. The van der Waals surface area contributed by atoms with Crippen LogP contribution in [0.5, 0.6) is 0 Å². The minimum absolute atomic E-state index is 0.148. The molecule has 0 aliphatic heterocycles. The van der Waals surface area contributed by atoms with Gasteiger partial charge in [-0.25, -0.2) is 4.98 Å². The Bertz CT molecular complexity index is 825. The molecule has 0 aliphatic carbocycles. The van der Waals surface area contributed by atoms with E-state index >= 15 is 0 Å². The van der Waals surface area contributed by atoms with Crippen LogP contribution < -0.4 is 5.56 Å². The largest absolute Gasteiger partial charge is 0.305 e. The van der Waals surface area contributed by atoms with Gasteiger partial charge in [0.1, 0.15) is 10.3 Å². The number of fused-ring (bicyclic) bond motifs is 1. The number of H-pyrrole nitrogens is 1. The first-order chi connectivity index (χ1) is 9.69. The number of thiophene rings is 1. The highest BCUT2D eigenvalue weighted by atomic mass is 79.9. The first-order valence-corrected chi connectivity index (χ1v) is 7.98. The van der Waals surface area contributed by atoms with Crippen LogP contribution in [0.25, 0.3) is 21.6 Å². The molecule has 0 atom stereocenters. The van der Waals surface area contributed by atoms with Gasteiger partial charge in [0.25, 0.3) is 5.56 Å². The third-order valence-electron chi connectivity index (χ3n) is 2.99. The third kappa shape index (κ3) is 2.41. The van der Waals surface area contributed by atoms with Gasteiger partial charge in [-0.3, -0.25) is 9.78 Å². The van der Waals surface area contributed by atoms with E-state index in [1.165, 1.54) is 0 Å². The molecule has 102 valence electrons. The number of aromatic nitrogens is 3. The zero-order chi connectivity index (χ0) is 14.1. The lowest BCUT2D eigenvalue weighted by molar-refractivity contribution is 0.861. The van der Waals surface area contributed by atoms with Crippen molar-refractivity contribution in [3.05, 3.63) is 44.2 Å². The standard InChI is InChI=1S/C14H12BrN3OS/c1-2-3-10-12(15)14(19)18-13(17-10)8-6-11-9(16-7-8)4-5-20-11/h4-7H,2-3H2,1H3,(H,17,18,19). The average molecular weight is 350 g/mol. The Kier molecular flexibility index (Phi) is 3.67. The van der Waals surface area contributed by atoms with Crippen molar-refractivity contribution in [2.75, 3.05) is 0 Å². The summed E-state index contributed by atoms with van der Waals surface area (Å²) in [5.74, 6) is 0.574. The summed E-state index contributed by atoms with van der Waals surface area (Å²) in [4.78, 5) is 23.7. The molecule has 0 aromatic carbocycles. The predicted octanol–water partition coefficient (Wildman–Crippen LogP) is 3.76. The van der Waals surface area contributed by atoms with E-state index in [9.17, 15) is 4.79 Å². The summed E-state index contributed by atoms with van der Waals surface area (Å²) in [5, 5.41) is 2.00. The van der Waals surface area contributed by atoms with Gasteiger partial charge >= 0.3 is 0 Å². The van der Waals surface area contributed by atoms with Crippen molar-refractivity contribution in [1.82, 2.24) is 15.0 Å². The van der Waals surface area contributed by atoms with Crippen molar-refractivity contribution in [3.63, 3.8) is 0 Å². The van der Waals surface area contributed by atoms with Crippen molar-refractivity contribution in [2.24, 2.45) is 0 Å². The number of pyridine rings is 1. The molecule has 6 heteroatoms. The topological polar surface area (TPSA) is 58.6 Å². The molecule has 4 nitrogen and oxygen atoms in total. The van der Waals surface area contributed by atoms with E-state index in [-0.39, 0.29) is 5.56 Å². The minimum atomic E-state index is -0.148. The molecule has 3 aromatic heterocycles. The van der Waals surface area contributed by atoms with Crippen LogP contribution in [0.3, 0.4) is 0 Å². The monoisotopic (exact) mass is 349 g/mol. The lowest BCUT2D eigenvalue weighted by atomic mass is 10.2. The third-order valence-corrected chi connectivity index (χ3v) is 4.67. The first kappa shape index (κ1) is 13.5. The molecular weight excluding hydrogens is 338 g/mol. The number of hydrogen-bond donors (Lipinski definition) is 1. The highest BCUT2D eigenvalue weighted by molar-refractivity contribution is 9.10. The lowest BCUT2D eigenvalue weighted by Gasteiger charge is -2.06. The Morgan fingerprint density at radius 3 is 3.10 bits per heavy atom. The van der Waals surface area contributed by atoms with Crippen LogP contribution >= 0.6 is 27.3 Å². The second-order valence-electron chi connectivity index (χ2n) is 4.45. The number of hydrogen-bond acceptors (Lipinski definition) is 4. The predicted molar refractivity (Wildman–Crippen MR) is 85.2 cm³/mol. The number of nitrogens with zero attached hydrogens (tertiary/aromatic N) is 2. The Hall–Kier alpha value is -1.53. The van der Waals surface area contributed by atoms with Gasteiger partial charge in [0, 0.05) is 11.8 Å². The summed E-state index contributed by atoms with van der Waals surface area (Å²) in [6.07, 6.45) is 3.46. The second-order valence-corrected chi connectivity index (χ2v) is 6.19. The van der Waals surface area contributed by atoms with E-state index < -0.39 is 0 Å². The number of aryl methyl sites for hydroxylation is 1. The van der Waals surface area contributed by atoms with Crippen molar-refractivity contribution in [3.8, 4) is 11.4 Å². The zero-order valence-electron chi connectivity index (χ0n) is 10.8. The van der Waals surface area contributed by atoms with Crippen LogP contribution in [-0.4, -0.2) is 15.0 Å². The highest BCUT2D eigenvalue weighted by Gasteiger charge is 2.10. The highest BCUT2D eigenvalue weighted by Crippen LogP contribution is 2.24. The Morgan fingerprint density at radius 1 is 1.45 bits per heavy atom. The summed E-state index contributed by atoms with van der Waals surface area (Å²) in [6, 6.07) is 3.99. The molecular formula is C14H12BrN3OS. The maximum atomic E-state index is 12.0. The fourth-order valence-electron chi connectivity index (χ4n) is 2.02. The van der Waals surface area contributed by atoms with Gasteiger partial charge in [-0.1, -0.05) is 13.3 Å². The van der Waals surface area contributed by atoms with Gasteiger partial charge in [-0.2, -0.15) is 0 Å². The molecule has 20 heavy (non-hydrogen) atoms. The van der Waals surface area contributed by atoms with Crippen LogP contribution in [0.2, 0.25) is 0 Å². The number of nitrogens with one attached hydrogen (secondary N) is 1. The van der Waals surface area contributed by atoms with Crippen LogP contribution in [0, 0.1) is 0 Å².